The summed E-state index contributed by atoms with van der Waals surface area (Å²) in [5, 5.41) is 27.5. The highest BCUT2D eigenvalue weighted by Crippen LogP contribution is 2.46. The Balaban J connectivity index is 3.27. The van der Waals surface area contributed by atoms with Crippen molar-refractivity contribution in [3.05, 3.63) is 0 Å². The normalized spacial score (nSPS) is 10.0. The molecule has 1 heterocycles. The summed E-state index contributed by atoms with van der Waals surface area (Å²) in [6, 6.07) is 0. The van der Waals surface area contributed by atoms with Gasteiger partial charge in [0.15, 0.2) is 0 Å². The van der Waals surface area contributed by atoms with Crippen LogP contribution in [0.3, 0.4) is 0 Å². The van der Waals surface area contributed by atoms with E-state index in [1.807, 2.05) is 0 Å². The van der Waals surface area contributed by atoms with Gasteiger partial charge < -0.3 is 24.8 Å². The number of hydrogen-bond donors (Lipinski definition) is 3. The highest BCUT2D eigenvalue weighted by Gasteiger charge is 2.25. The van der Waals surface area contributed by atoms with E-state index in [-0.39, 0.29) is 11.5 Å². The van der Waals surface area contributed by atoms with Crippen LogP contribution >= 0.6 is 0 Å². The molecule has 1 rings (SSSR count). The molecule has 0 aliphatic rings. The Kier molecular flexibility index (Phi) is 2.93. The van der Waals surface area contributed by atoms with Crippen LogP contribution in [-0.4, -0.2) is 40.1 Å². The van der Waals surface area contributed by atoms with E-state index in [0.717, 1.165) is 4.57 Å². The van der Waals surface area contributed by atoms with Crippen molar-refractivity contribution in [3.8, 4) is 23.3 Å². The number of aromatic nitrogens is 1. The minimum atomic E-state index is -1.21. The van der Waals surface area contributed by atoms with Crippen molar-refractivity contribution in [1.82, 2.24) is 4.57 Å². The van der Waals surface area contributed by atoms with E-state index < -0.39 is 24.3 Å². The molecule has 3 N–H and O–H groups in total. The Hall–Kier alpha value is -2.05. The lowest BCUT2D eigenvalue weighted by Gasteiger charge is -2.01. The zero-order valence-corrected chi connectivity index (χ0v) is 8.22. The monoisotopic (exact) mass is 217 g/mol. The van der Waals surface area contributed by atoms with Gasteiger partial charge in [-0.25, -0.2) is 0 Å². The van der Waals surface area contributed by atoms with Gasteiger partial charge in [0.05, 0.1) is 14.2 Å². The van der Waals surface area contributed by atoms with Crippen molar-refractivity contribution in [1.29, 1.82) is 0 Å². The lowest BCUT2D eigenvalue weighted by molar-refractivity contribution is -0.137. The maximum atomic E-state index is 10.4. The SMILES string of the molecule is COc1c(OC)c(O)n(CC(=O)O)c1O. The number of aliphatic carboxylic acids is 1. The third-order valence-electron chi connectivity index (χ3n) is 1.83. The highest BCUT2D eigenvalue weighted by molar-refractivity contribution is 5.69. The minimum absolute atomic E-state index is 0.101. The van der Waals surface area contributed by atoms with Crippen molar-refractivity contribution < 1.29 is 29.6 Å². The molecule has 84 valence electrons. The van der Waals surface area contributed by atoms with Crippen LogP contribution < -0.4 is 9.47 Å². The van der Waals surface area contributed by atoms with Gasteiger partial charge in [0.1, 0.15) is 6.54 Å². The van der Waals surface area contributed by atoms with Crippen LogP contribution in [0.1, 0.15) is 0 Å². The smallest absolute Gasteiger partial charge is 0.323 e. The summed E-state index contributed by atoms with van der Waals surface area (Å²) in [6.07, 6.45) is 0. The van der Waals surface area contributed by atoms with Crippen LogP contribution in [0.2, 0.25) is 0 Å². The summed E-state index contributed by atoms with van der Waals surface area (Å²) in [7, 11) is 2.53. The molecule has 0 spiro atoms. The summed E-state index contributed by atoms with van der Waals surface area (Å²) in [6.45, 7) is -0.586. The zero-order valence-electron chi connectivity index (χ0n) is 8.22. The highest BCUT2D eigenvalue weighted by atomic mass is 16.5. The molecule has 0 atom stereocenters. The lowest BCUT2D eigenvalue weighted by atomic mass is 10.5. The molecule has 0 unspecified atom stereocenters. The molecule has 0 saturated heterocycles. The maximum Gasteiger partial charge on any atom is 0.323 e. The molecule has 15 heavy (non-hydrogen) atoms. The van der Waals surface area contributed by atoms with Gasteiger partial charge in [-0.3, -0.25) is 9.36 Å². The third-order valence-corrected chi connectivity index (χ3v) is 1.83. The molecule has 0 radical (unpaired) electrons. The number of carboxylic acid groups (broad SMARTS) is 1. The topological polar surface area (TPSA) is 101 Å². The maximum absolute atomic E-state index is 10.4. The van der Waals surface area contributed by atoms with E-state index in [1.54, 1.807) is 0 Å². The van der Waals surface area contributed by atoms with E-state index >= 15 is 0 Å². The first-order valence-electron chi connectivity index (χ1n) is 3.97. The Morgan fingerprint density at radius 2 is 1.60 bits per heavy atom. The molecule has 1 aromatic rings. The molecule has 7 nitrogen and oxygen atoms in total. The van der Waals surface area contributed by atoms with Crippen molar-refractivity contribution in [2.75, 3.05) is 14.2 Å². The Morgan fingerprint density at radius 3 is 1.87 bits per heavy atom. The number of carbonyl (C=O) groups is 1. The second-order valence-corrected chi connectivity index (χ2v) is 2.69. The molecule has 1 aromatic heterocycles. The summed E-state index contributed by atoms with van der Waals surface area (Å²) in [5.74, 6) is -2.39. The third kappa shape index (κ3) is 1.76. The van der Waals surface area contributed by atoms with E-state index in [0.29, 0.717) is 0 Å². The van der Waals surface area contributed by atoms with Crippen LogP contribution in [0.15, 0.2) is 0 Å². The Labute approximate surface area is 85.1 Å². The number of rotatable bonds is 4. The molecule has 0 bridgehead atoms. The molecular weight excluding hydrogens is 206 g/mol. The van der Waals surface area contributed by atoms with E-state index in [9.17, 15) is 15.0 Å². The van der Waals surface area contributed by atoms with Crippen LogP contribution in [0.25, 0.3) is 0 Å². The van der Waals surface area contributed by atoms with Gasteiger partial charge in [0, 0.05) is 0 Å². The van der Waals surface area contributed by atoms with Crippen molar-refractivity contribution in [2.24, 2.45) is 0 Å². The number of hydrogen-bond acceptors (Lipinski definition) is 5. The van der Waals surface area contributed by atoms with E-state index in [2.05, 4.69) is 0 Å². The van der Waals surface area contributed by atoms with Crippen LogP contribution in [0.5, 0.6) is 23.3 Å². The predicted molar refractivity (Wildman–Crippen MR) is 48.5 cm³/mol. The molecule has 0 aromatic carbocycles. The zero-order chi connectivity index (χ0) is 11.6. The fourth-order valence-electron chi connectivity index (χ4n) is 1.20. The molecule has 0 fully saturated rings. The van der Waals surface area contributed by atoms with Crippen LogP contribution in [0.4, 0.5) is 0 Å². The quantitative estimate of drug-likeness (QED) is 0.656. The predicted octanol–water partition coefficient (Wildman–Crippen LogP) is 0.00110. The number of nitrogens with zero attached hydrogens (tertiary/aromatic N) is 1. The standard InChI is InChI=1S/C8H11NO6/c1-14-5-6(15-2)8(13)9(7(5)12)3-4(10)11/h12-13H,3H2,1-2H3,(H,10,11). The van der Waals surface area contributed by atoms with Gasteiger partial charge in [-0.1, -0.05) is 0 Å². The first-order valence-corrected chi connectivity index (χ1v) is 3.97. The van der Waals surface area contributed by atoms with Gasteiger partial charge >= 0.3 is 5.97 Å². The van der Waals surface area contributed by atoms with E-state index in [4.69, 9.17) is 14.6 Å². The Bertz CT molecular complexity index is 355. The second-order valence-electron chi connectivity index (χ2n) is 2.69. The number of aromatic hydroxyl groups is 2. The average Bonchev–Trinajstić information content (AvgIpc) is 2.40. The fraction of sp³-hybridized carbons (Fsp3) is 0.375. The molecule has 0 amide bonds. The summed E-state index contributed by atoms with van der Waals surface area (Å²) >= 11 is 0. The van der Waals surface area contributed by atoms with Crippen molar-refractivity contribution in [2.45, 2.75) is 6.54 Å². The second kappa shape index (κ2) is 3.99. The van der Waals surface area contributed by atoms with Gasteiger partial charge in [-0.05, 0) is 0 Å². The molecule has 7 heteroatoms. The van der Waals surface area contributed by atoms with E-state index in [1.165, 1.54) is 14.2 Å². The largest absolute Gasteiger partial charge is 0.492 e. The van der Waals surface area contributed by atoms with Gasteiger partial charge in [-0.15, -0.1) is 0 Å². The van der Waals surface area contributed by atoms with Crippen molar-refractivity contribution in [3.63, 3.8) is 0 Å². The van der Waals surface area contributed by atoms with Gasteiger partial charge in [-0.2, -0.15) is 0 Å². The lowest BCUT2D eigenvalue weighted by Crippen LogP contribution is -2.07. The molecule has 0 aliphatic heterocycles. The fourth-order valence-corrected chi connectivity index (χ4v) is 1.20. The number of carboxylic acids is 1. The molecule has 0 aliphatic carbocycles. The first-order chi connectivity index (χ1) is 7.02. The van der Waals surface area contributed by atoms with Gasteiger partial charge in [0.2, 0.25) is 23.3 Å². The van der Waals surface area contributed by atoms with Gasteiger partial charge in [0.25, 0.3) is 0 Å². The summed E-state index contributed by atoms with van der Waals surface area (Å²) < 4.78 is 10.3. The number of ether oxygens (including phenoxy) is 2. The molecule has 0 saturated carbocycles. The van der Waals surface area contributed by atoms with Crippen molar-refractivity contribution >= 4 is 5.97 Å². The number of methoxy groups -OCH3 is 2. The Morgan fingerprint density at radius 1 is 1.20 bits per heavy atom. The summed E-state index contributed by atoms with van der Waals surface area (Å²) in [5.41, 5.74) is 0. The minimum Gasteiger partial charge on any atom is -0.492 e. The first kappa shape index (κ1) is 11.0. The van der Waals surface area contributed by atoms with Crippen LogP contribution in [0, 0.1) is 0 Å². The molecular formula is C8H11NO6. The average molecular weight is 217 g/mol. The summed E-state index contributed by atoms with van der Waals surface area (Å²) in [4.78, 5) is 10.4. The van der Waals surface area contributed by atoms with Crippen LogP contribution in [-0.2, 0) is 11.3 Å².